The standard InChI is InChI=1S/C20H30BClN2O4/c1-18(2,3)26-17(25)24-12-14(10-13-8-9-16(23)15(22)11-13)21-27-19(4,5)20(6,7)28-21/h8-11H,12,23H2,1-7H3,(H,24,25). The van der Waals surface area contributed by atoms with E-state index in [4.69, 9.17) is 31.4 Å². The lowest BCUT2D eigenvalue weighted by molar-refractivity contribution is 0.00578. The summed E-state index contributed by atoms with van der Waals surface area (Å²) in [5, 5.41) is 3.23. The number of rotatable bonds is 4. The lowest BCUT2D eigenvalue weighted by atomic mass is 9.77. The van der Waals surface area contributed by atoms with E-state index in [1.807, 2.05) is 60.6 Å². The van der Waals surface area contributed by atoms with Gasteiger partial charge in [0.1, 0.15) is 5.60 Å². The van der Waals surface area contributed by atoms with Crippen LogP contribution in [-0.4, -0.2) is 36.6 Å². The minimum atomic E-state index is -0.615. The van der Waals surface area contributed by atoms with Crippen molar-refractivity contribution in [2.45, 2.75) is 65.3 Å². The van der Waals surface area contributed by atoms with E-state index < -0.39 is 30.0 Å². The van der Waals surface area contributed by atoms with E-state index in [-0.39, 0.29) is 6.54 Å². The minimum absolute atomic E-state index is 0.202. The first-order chi connectivity index (χ1) is 12.7. The van der Waals surface area contributed by atoms with Crippen molar-refractivity contribution >= 4 is 36.6 Å². The average Bonchev–Trinajstić information content (AvgIpc) is 2.73. The highest BCUT2D eigenvalue weighted by Gasteiger charge is 2.52. The summed E-state index contributed by atoms with van der Waals surface area (Å²) in [4.78, 5) is 12.1. The van der Waals surface area contributed by atoms with Gasteiger partial charge >= 0.3 is 13.2 Å². The molecular weight excluding hydrogens is 378 g/mol. The Kier molecular flexibility index (Phi) is 6.43. The fourth-order valence-electron chi connectivity index (χ4n) is 2.53. The van der Waals surface area contributed by atoms with E-state index in [1.54, 1.807) is 12.1 Å². The summed E-state index contributed by atoms with van der Waals surface area (Å²) in [5.74, 6) is 0. The second-order valence-corrected chi connectivity index (χ2v) is 9.35. The number of carbonyl (C=O) groups is 1. The topological polar surface area (TPSA) is 82.8 Å². The largest absolute Gasteiger partial charge is 0.492 e. The third-order valence-electron chi connectivity index (χ3n) is 4.77. The Hall–Kier alpha value is -1.70. The highest BCUT2D eigenvalue weighted by atomic mass is 35.5. The summed E-state index contributed by atoms with van der Waals surface area (Å²) in [7, 11) is -0.615. The van der Waals surface area contributed by atoms with Gasteiger partial charge in [-0.15, -0.1) is 0 Å². The number of benzene rings is 1. The molecular formula is C20H30BClN2O4. The van der Waals surface area contributed by atoms with Gasteiger partial charge in [-0.05, 0) is 71.6 Å². The Bertz CT molecular complexity index is 756. The molecule has 1 aromatic rings. The SMILES string of the molecule is CC(C)(C)OC(=O)NCC(=Cc1ccc(N)c(Cl)c1)B1OC(C)(C)C(C)(C)O1. The van der Waals surface area contributed by atoms with E-state index in [9.17, 15) is 4.79 Å². The second-order valence-electron chi connectivity index (χ2n) is 8.94. The van der Waals surface area contributed by atoms with Gasteiger partial charge in [0.2, 0.25) is 0 Å². The van der Waals surface area contributed by atoms with Crippen molar-refractivity contribution in [1.82, 2.24) is 5.32 Å². The van der Waals surface area contributed by atoms with Crippen molar-refractivity contribution < 1.29 is 18.8 Å². The molecule has 0 saturated carbocycles. The number of hydrogen-bond acceptors (Lipinski definition) is 5. The molecule has 6 nitrogen and oxygen atoms in total. The van der Waals surface area contributed by atoms with Crippen LogP contribution < -0.4 is 11.1 Å². The first-order valence-electron chi connectivity index (χ1n) is 9.28. The third kappa shape index (κ3) is 5.66. The zero-order valence-electron chi connectivity index (χ0n) is 17.7. The maximum absolute atomic E-state index is 12.1. The number of nitrogen functional groups attached to an aromatic ring is 1. The molecule has 1 saturated heterocycles. The number of carbonyl (C=O) groups excluding carboxylic acids is 1. The van der Waals surface area contributed by atoms with Crippen molar-refractivity contribution in [2.75, 3.05) is 12.3 Å². The van der Waals surface area contributed by atoms with Gasteiger partial charge in [0, 0.05) is 6.54 Å². The van der Waals surface area contributed by atoms with E-state index in [2.05, 4.69) is 5.32 Å². The van der Waals surface area contributed by atoms with Crippen LogP contribution in [0, 0.1) is 0 Å². The van der Waals surface area contributed by atoms with Gasteiger partial charge in [-0.1, -0.05) is 23.7 Å². The third-order valence-corrected chi connectivity index (χ3v) is 5.10. The number of halogens is 1. The fourth-order valence-corrected chi connectivity index (χ4v) is 2.72. The summed E-state index contributed by atoms with van der Waals surface area (Å²) in [5.41, 5.74) is 6.29. The van der Waals surface area contributed by atoms with Crippen LogP contribution >= 0.6 is 11.6 Å². The molecule has 2 rings (SSSR count). The lowest BCUT2D eigenvalue weighted by Gasteiger charge is -2.32. The van der Waals surface area contributed by atoms with Gasteiger partial charge in [-0.3, -0.25) is 0 Å². The predicted molar refractivity (Wildman–Crippen MR) is 114 cm³/mol. The minimum Gasteiger partial charge on any atom is -0.444 e. The summed E-state index contributed by atoms with van der Waals surface area (Å²) in [6.45, 7) is 13.6. The molecule has 1 heterocycles. The van der Waals surface area contributed by atoms with E-state index >= 15 is 0 Å². The molecule has 3 N–H and O–H groups in total. The Morgan fingerprint density at radius 2 is 1.82 bits per heavy atom. The Morgan fingerprint density at radius 1 is 1.25 bits per heavy atom. The molecule has 0 atom stereocenters. The normalized spacial score (nSPS) is 18.9. The van der Waals surface area contributed by atoms with Gasteiger partial charge in [0.15, 0.2) is 0 Å². The first kappa shape index (κ1) is 22.6. The van der Waals surface area contributed by atoms with Gasteiger partial charge in [-0.2, -0.15) is 0 Å². The molecule has 1 fully saturated rings. The van der Waals surface area contributed by atoms with E-state index in [0.717, 1.165) is 11.0 Å². The number of nitrogens with two attached hydrogens (primary N) is 1. The van der Waals surface area contributed by atoms with Crippen LogP contribution in [0.25, 0.3) is 6.08 Å². The molecule has 1 aromatic carbocycles. The first-order valence-corrected chi connectivity index (χ1v) is 9.66. The van der Waals surface area contributed by atoms with E-state index in [0.29, 0.717) is 10.7 Å². The van der Waals surface area contributed by atoms with Gasteiger partial charge in [0.25, 0.3) is 0 Å². The van der Waals surface area contributed by atoms with Crippen molar-refractivity contribution in [3.8, 4) is 0 Å². The summed E-state index contributed by atoms with van der Waals surface area (Å²) in [6, 6.07) is 5.34. The molecule has 1 amide bonds. The maximum Gasteiger partial charge on any atom is 0.492 e. The zero-order valence-corrected chi connectivity index (χ0v) is 18.4. The number of nitrogens with one attached hydrogen (secondary N) is 1. The molecule has 28 heavy (non-hydrogen) atoms. The molecule has 1 aliphatic heterocycles. The highest BCUT2D eigenvalue weighted by molar-refractivity contribution is 6.56. The van der Waals surface area contributed by atoms with Crippen molar-refractivity contribution in [1.29, 1.82) is 0 Å². The van der Waals surface area contributed by atoms with Crippen LogP contribution in [0.1, 0.15) is 54.0 Å². The summed E-state index contributed by atoms with van der Waals surface area (Å²) >= 11 is 6.14. The van der Waals surface area contributed by atoms with Crippen LogP contribution in [0.5, 0.6) is 0 Å². The van der Waals surface area contributed by atoms with Crippen LogP contribution in [0.15, 0.2) is 23.7 Å². The molecule has 8 heteroatoms. The molecule has 0 unspecified atom stereocenters. The lowest BCUT2D eigenvalue weighted by Crippen LogP contribution is -2.41. The second kappa shape index (κ2) is 7.97. The monoisotopic (exact) mass is 408 g/mol. The van der Waals surface area contributed by atoms with Gasteiger partial charge < -0.3 is 25.1 Å². The Labute approximate surface area is 172 Å². The molecule has 1 aliphatic rings. The molecule has 0 aliphatic carbocycles. The zero-order chi connectivity index (χ0) is 21.3. The predicted octanol–water partition coefficient (Wildman–Crippen LogP) is 4.46. The maximum atomic E-state index is 12.1. The molecule has 154 valence electrons. The summed E-state index contributed by atoms with van der Waals surface area (Å²) in [6.07, 6.45) is 1.37. The smallest absolute Gasteiger partial charge is 0.444 e. The quantitative estimate of drug-likeness (QED) is 0.567. The van der Waals surface area contributed by atoms with Gasteiger partial charge in [0.05, 0.1) is 21.9 Å². The highest BCUT2D eigenvalue weighted by Crippen LogP contribution is 2.38. The number of alkyl carbamates (subject to hydrolysis) is 1. The molecule has 0 radical (unpaired) electrons. The van der Waals surface area contributed by atoms with Crippen molar-refractivity contribution in [3.05, 3.63) is 34.3 Å². The van der Waals surface area contributed by atoms with Crippen LogP contribution in [-0.2, 0) is 14.0 Å². The number of anilines is 1. The Morgan fingerprint density at radius 3 is 2.32 bits per heavy atom. The van der Waals surface area contributed by atoms with Crippen LogP contribution in [0.3, 0.4) is 0 Å². The van der Waals surface area contributed by atoms with Gasteiger partial charge in [-0.25, -0.2) is 4.79 Å². The number of hydrogen-bond donors (Lipinski definition) is 2. The summed E-state index contributed by atoms with van der Waals surface area (Å²) < 4.78 is 17.6. The molecule has 0 bridgehead atoms. The molecule has 0 aromatic heterocycles. The van der Waals surface area contributed by atoms with E-state index in [1.165, 1.54) is 0 Å². The van der Waals surface area contributed by atoms with Crippen LogP contribution in [0.2, 0.25) is 5.02 Å². The number of ether oxygens (including phenoxy) is 1. The van der Waals surface area contributed by atoms with Crippen molar-refractivity contribution in [2.24, 2.45) is 0 Å². The average molecular weight is 409 g/mol. The van der Waals surface area contributed by atoms with Crippen molar-refractivity contribution in [3.63, 3.8) is 0 Å². The Balaban J connectivity index is 2.27. The van der Waals surface area contributed by atoms with Crippen LogP contribution in [0.4, 0.5) is 10.5 Å². The fraction of sp³-hybridized carbons (Fsp3) is 0.550. The number of amides is 1. The molecule has 0 spiro atoms.